The van der Waals surface area contributed by atoms with Crippen LogP contribution in [0.15, 0.2) is 18.2 Å². The van der Waals surface area contributed by atoms with Crippen molar-refractivity contribution in [3.05, 3.63) is 23.8 Å². The Morgan fingerprint density at radius 3 is 2.67 bits per heavy atom. The lowest BCUT2D eigenvalue weighted by Gasteiger charge is -2.43. The summed E-state index contributed by atoms with van der Waals surface area (Å²) in [7, 11) is 1.67. The van der Waals surface area contributed by atoms with E-state index >= 15 is 0 Å². The highest BCUT2D eigenvalue weighted by atomic mass is 16.5. The van der Waals surface area contributed by atoms with Gasteiger partial charge in [0.15, 0.2) is 0 Å². The van der Waals surface area contributed by atoms with E-state index in [1.54, 1.807) is 7.11 Å². The summed E-state index contributed by atoms with van der Waals surface area (Å²) in [5, 5.41) is 0. The molecule has 0 aromatic heterocycles. The molecule has 0 bridgehead atoms. The number of nitrogens with two attached hydrogens (primary N) is 1. The van der Waals surface area contributed by atoms with E-state index in [1.165, 1.54) is 12.8 Å². The average Bonchev–Trinajstić information content (AvgIpc) is 3.08. The van der Waals surface area contributed by atoms with Gasteiger partial charge in [-0.15, -0.1) is 0 Å². The van der Waals surface area contributed by atoms with Crippen molar-refractivity contribution in [1.29, 1.82) is 0 Å². The van der Waals surface area contributed by atoms with Gasteiger partial charge in [0.2, 0.25) is 0 Å². The van der Waals surface area contributed by atoms with Gasteiger partial charge in [0.05, 0.1) is 7.11 Å². The first-order valence-corrected chi connectivity index (χ1v) is 6.60. The summed E-state index contributed by atoms with van der Waals surface area (Å²) < 4.78 is 11.6. The van der Waals surface area contributed by atoms with E-state index in [9.17, 15) is 0 Å². The van der Waals surface area contributed by atoms with Crippen molar-refractivity contribution in [2.75, 3.05) is 7.11 Å². The lowest BCUT2D eigenvalue weighted by atomic mass is 9.78. The van der Waals surface area contributed by atoms with Crippen LogP contribution in [0, 0.1) is 5.41 Å². The first-order valence-electron chi connectivity index (χ1n) is 6.60. The molecule has 0 amide bonds. The number of methoxy groups -OCH3 is 1. The number of fused-ring (bicyclic) bond motifs is 1. The van der Waals surface area contributed by atoms with Gasteiger partial charge in [0.25, 0.3) is 0 Å². The highest BCUT2D eigenvalue weighted by Crippen LogP contribution is 2.59. The van der Waals surface area contributed by atoms with Crippen LogP contribution >= 0.6 is 0 Å². The van der Waals surface area contributed by atoms with Gasteiger partial charge >= 0.3 is 0 Å². The molecule has 0 radical (unpaired) electrons. The minimum absolute atomic E-state index is 0.0575. The van der Waals surface area contributed by atoms with E-state index < -0.39 is 0 Å². The fraction of sp³-hybridized carbons (Fsp3) is 0.600. The van der Waals surface area contributed by atoms with Crippen LogP contribution in [0.5, 0.6) is 11.5 Å². The van der Waals surface area contributed by atoms with Gasteiger partial charge in [-0.2, -0.15) is 0 Å². The van der Waals surface area contributed by atoms with Gasteiger partial charge < -0.3 is 15.2 Å². The molecule has 18 heavy (non-hydrogen) atoms. The predicted molar refractivity (Wildman–Crippen MR) is 70.9 cm³/mol. The van der Waals surface area contributed by atoms with Crippen LogP contribution in [0.4, 0.5) is 0 Å². The van der Waals surface area contributed by atoms with Gasteiger partial charge in [0.1, 0.15) is 17.1 Å². The zero-order valence-corrected chi connectivity index (χ0v) is 11.3. The first kappa shape index (κ1) is 11.8. The molecule has 1 heterocycles. The number of benzene rings is 1. The monoisotopic (exact) mass is 247 g/mol. The summed E-state index contributed by atoms with van der Waals surface area (Å²) >= 11 is 0. The van der Waals surface area contributed by atoms with Crippen LogP contribution in [0.2, 0.25) is 0 Å². The Hall–Kier alpha value is -1.22. The quantitative estimate of drug-likeness (QED) is 0.873. The minimum atomic E-state index is -0.147. The largest absolute Gasteiger partial charge is 0.497 e. The normalized spacial score (nSPS) is 32.3. The number of hydrogen-bond acceptors (Lipinski definition) is 3. The second-order valence-corrected chi connectivity index (χ2v) is 6.11. The summed E-state index contributed by atoms with van der Waals surface area (Å²) in [5.41, 5.74) is 7.55. The maximum atomic E-state index is 6.32. The number of hydrogen-bond donors (Lipinski definition) is 1. The average molecular weight is 247 g/mol. The van der Waals surface area contributed by atoms with E-state index in [1.807, 2.05) is 18.2 Å². The Bertz CT molecular complexity index is 481. The van der Waals surface area contributed by atoms with Crippen molar-refractivity contribution in [2.24, 2.45) is 11.1 Å². The van der Waals surface area contributed by atoms with Crippen LogP contribution in [0.1, 0.15) is 44.7 Å². The topological polar surface area (TPSA) is 44.5 Å². The molecule has 2 aliphatic rings. The smallest absolute Gasteiger partial charge is 0.128 e. The van der Waals surface area contributed by atoms with Crippen molar-refractivity contribution in [3.63, 3.8) is 0 Å². The molecule has 1 aliphatic heterocycles. The Kier molecular flexibility index (Phi) is 2.39. The van der Waals surface area contributed by atoms with Gasteiger partial charge in [-0.25, -0.2) is 0 Å². The van der Waals surface area contributed by atoms with Crippen molar-refractivity contribution < 1.29 is 9.47 Å². The van der Waals surface area contributed by atoms with E-state index in [0.29, 0.717) is 0 Å². The van der Waals surface area contributed by atoms with E-state index in [4.69, 9.17) is 15.2 Å². The third kappa shape index (κ3) is 1.61. The van der Waals surface area contributed by atoms with Crippen molar-refractivity contribution in [1.82, 2.24) is 0 Å². The number of ether oxygens (including phenoxy) is 2. The summed E-state index contributed by atoms with van der Waals surface area (Å²) in [4.78, 5) is 0. The molecule has 0 saturated heterocycles. The Balaban J connectivity index is 2.00. The molecule has 1 aromatic rings. The molecule has 1 fully saturated rings. The summed E-state index contributed by atoms with van der Waals surface area (Å²) in [6.07, 6.45) is 3.36. The zero-order chi connectivity index (χ0) is 13.0. The molecule has 0 spiro atoms. The molecular weight excluding hydrogens is 226 g/mol. The third-order valence-electron chi connectivity index (χ3n) is 4.84. The molecule has 1 saturated carbocycles. The van der Waals surface area contributed by atoms with Crippen molar-refractivity contribution in [3.8, 4) is 11.5 Å². The molecule has 1 aromatic carbocycles. The minimum Gasteiger partial charge on any atom is -0.497 e. The molecular formula is C15H21NO2. The van der Waals surface area contributed by atoms with E-state index in [0.717, 1.165) is 23.5 Å². The molecule has 2 N–H and O–H groups in total. The lowest BCUT2D eigenvalue weighted by molar-refractivity contribution is -0.00910. The van der Waals surface area contributed by atoms with E-state index in [-0.39, 0.29) is 17.1 Å². The molecule has 3 heteroatoms. The molecule has 1 aliphatic carbocycles. The molecule has 2 atom stereocenters. The highest BCUT2D eigenvalue weighted by molar-refractivity contribution is 5.45. The van der Waals surface area contributed by atoms with Gasteiger partial charge in [-0.05, 0) is 25.8 Å². The van der Waals surface area contributed by atoms with Crippen LogP contribution in [-0.4, -0.2) is 12.7 Å². The Morgan fingerprint density at radius 1 is 1.33 bits per heavy atom. The van der Waals surface area contributed by atoms with Gasteiger partial charge in [-0.3, -0.25) is 0 Å². The van der Waals surface area contributed by atoms with Crippen LogP contribution in [-0.2, 0) is 0 Å². The maximum Gasteiger partial charge on any atom is 0.128 e. The third-order valence-corrected chi connectivity index (χ3v) is 4.84. The lowest BCUT2D eigenvalue weighted by Crippen LogP contribution is -2.46. The second kappa shape index (κ2) is 3.64. The summed E-state index contributed by atoms with van der Waals surface area (Å²) in [6, 6.07) is 5.98. The fourth-order valence-corrected chi connectivity index (χ4v) is 2.94. The molecule has 3 rings (SSSR count). The number of rotatable bonds is 2. The summed E-state index contributed by atoms with van der Waals surface area (Å²) in [5.74, 6) is 1.72. The first-order chi connectivity index (χ1) is 8.47. The van der Waals surface area contributed by atoms with Gasteiger partial charge in [-0.1, -0.05) is 13.0 Å². The van der Waals surface area contributed by atoms with Crippen molar-refractivity contribution >= 4 is 0 Å². The standard InChI is InChI=1S/C15H21NO2/c1-14(6-7-14)15(2)9-12(16)11-5-4-10(17-3)8-13(11)18-15/h4-5,8,12H,6-7,9,16H2,1-3H3. The predicted octanol–water partition coefficient (Wildman–Crippen LogP) is 3.04. The van der Waals surface area contributed by atoms with Crippen LogP contribution < -0.4 is 15.2 Å². The maximum absolute atomic E-state index is 6.32. The molecule has 3 nitrogen and oxygen atoms in total. The Morgan fingerprint density at radius 2 is 2.06 bits per heavy atom. The zero-order valence-electron chi connectivity index (χ0n) is 11.3. The molecule has 2 unspecified atom stereocenters. The molecule has 98 valence electrons. The Labute approximate surface area is 108 Å². The van der Waals surface area contributed by atoms with Gasteiger partial charge in [0, 0.05) is 29.5 Å². The van der Waals surface area contributed by atoms with E-state index in [2.05, 4.69) is 13.8 Å². The van der Waals surface area contributed by atoms with Crippen molar-refractivity contribution in [2.45, 2.75) is 44.8 Å². The fourth-order valence-electron chi connectivity index (χ4n) is 2.94. The highest BCUT2D eigenvalue weighted by Gasteiger charge is 2.57. The second-order valence-electron chi connectivity index (χ2n) is 6.11. The summed E-state index contributed by atoms with van der Waals surface area (Å²) in [6.45, 7) is 4.49. The van der Waals surface area contributed by atoms with Crippen LogP contribution in [0.25, 0.3) is 0 Å². The van der Waals surface area contributed by atoms with Crippen LogP contribution in [0.3, 0.4) is 0 Å². The SMILES string of the molecule is COc1ccc2c(c1)OC(C)(C1(C)CC1)CC2N.